The minimum absolute atomic E-state index is 0.0919. The van der Waals surface area contributed by atoms with Gasteiger partial charge in [-0.2, -0.15) is 18.2 Å². The number of hydrazine groups is 1. The molecular weight excluding hydrogens is 493 g/mol. The number of hydrogen-bond donors (Lipinski definition) is 2. The van der Waals surface area contributed by atoms with Gasteiger partial charge in [0.05, 0.1) is 26.4 Å². The van der Waals surface area contributed by atoms with Crippen molar-refractivity contribution in [2.24, 2.45) is 0 Å². The molecule has 13 heteroatoms. The molecule has 0 saturated carbocycles. The molecule has 0 spiro atoms. The third kappa shape index (κ3) is 5.89. The average Bonchev–Trinajstić information content (AvgIpc) is 3.40. The number of esters is 1. The number of nitrogens with zero attached hydrogens (tertiary/aromatic N) is 4. The Bertz CT molecular complexity index is 1300. The van der Waals surface area contributed by atoms with Crippen LogP contribution in [0.1, 0.15) is 17.3 Å². The number of rotatable bonds is 8. The molecule has 1 aromatic carbocycles. The lowest BCUT2D eigenvalue weighted by Crippen LogP contribution is -2.44. The van der Waals surface area contributed by atoms with Gasteiger partial charge in [-0.15, -0.1) is 0 Å². The highest BCUT2D eigenvalue weighted by Crippen LogP contribution is 2.34. The largest absolute Gasteiger partial charge is 0.497 e. The molecule has 0 saturated heterocycles. The van der Waals surface area contributed by atoms with Crippen molar-refractivity contribution in [3.63, 3.8) is 0 Å². The highest BCUT2D eigenvalue weighted by molar-refractivity contribution is 5.91. The van der Waals surface area contributed by atoms with Gasteiger partial charge in [0.25, 0.3) is 0 Å². The van der Waals surface area contributed by atoms with E-state index < -0.39 is 18.2 Å². The Morgan fingerprint density at radius 3 is 2.46 bits per heavy atom. The maximum absolute atomic E-state index is 13.3. The van der Waals surface area contributed by atoms with E-state index in [0.717, 1.165) is 11.1 Å². The smallest absolute Gasteiger partial charge is 0.409 e. The second kappa shape index (κ2) is 10.7. The topological polar surface area (TPSA) is 111 Å². The van der Waals surface area contributed by atoms with Crippen LogP contribution in [0.2, 0.25) is 0 Å². The molecule has 4 rings (SSSR count). The lowest BCUT2D eigenvalue weighted by Gasteiger charge is -2.23. The van der Waals surface area contributed by atoms with Gasteiger partial charge in [-0.05, 0) is 19.1 Å². The summed E-state index contributed by atoms with van der Waals surface area (Å²) in [7, 11) is 3.01. The van der Waals surface area contributed by atoms with Gasteiger partial charge < -0.3 is 19.5 Å². The molecule has 2 aromatic heterocycles. The molecule has 2 N–H and O–H groups in total. The lowest BCUT2D eigenvalue weighted by atomic mass is 10.1. The lowest BCUT2D eigenvalue weighted by molar-refractivity contribution is -0.142. The quantitative estimate of drug-likeness (QED) is 0.422. The summed E-state index contributed by atoms with van der Waals surface area (Å²) in [5, 5.41) is 4.15. The zero-order chi connectivity index (χ0) is 26.6. The first-order chi connectivity index (χ1) is 17.7. The number of ether oxygens (including phenoxy) is 3. The summed E-state index contributed by atoms with van der Waals surface area (Å²) >= 11 is 0. The summed E-state index contributed by atoms with van der Waals surface area (Å²) in [5.74, 6) is 0.628. The second-order valence-electron chi connectivity index (χ2n) is 7.70. The van der Waals surface area contributed by atoms with Crippen LogP contribution in [0.5, 0.6) is 11.5 Å². The van der Waals surface area contributed by atoms with Crippen molar-refractivity contribution in [2.75, 3.05) is 31.2 Å². The molecule has 3 heterocycles. The van der Waals surface area contributed by atoms with Gasteiger partial charge in [0, 0.05) is 59.8 Å². The number of nitrogens with one attached hydrogen (secondary N) is 2. The summed E-state index contributed by atoms with van der Waals surface area (Å²) in [5.41, 5.74) is 3.80. The molecule has 0 bridgehead atoms. The van der Waals surface area contributed by atoms with E-state index in [2.05, 4.69) is 25.7 Å². The van der Waals surface area contributed by atoms with Gasteiger partial charge in [-0.1, -0.05) is 0 Å². The normalized spacial score (nSPS) is 15.0. The predicted octanol–water partition coefficient (Wildman–Crippen LogP) is 4.25. The number of hydrogen-bond acceptors (Lipinski definition) is 10. The molecule has 0 aliphatic carbocycles. The molecule has 0 radical (unpaired) electrons. The summed E-state index contributed by atoms with van der Waals surface area (Å²) in [6.07, 6.45) is 1.89. The monoisotopic (exact) mass is 516 g/mol. The first-order valence-electron chi connectivity index (χ1n) is 11.0. The number of carbonyl (C=O) groups excluding carboxylic acids is 1. The fourth-order valence-electron chi connectivity index (χ4n) is 3.46. The van der Waals surface area contributed by atoms with Crippen LogP contribution in [0.25, 0.3) is 11.1 Å². The first kappa shape index (κ1) is 25.7. The van der Waals surface area contributed by atoms with Crippen LogP contribution >= 0.6 is 0 Å². The SMILES string of the molecule is CCOC(=O)c1cncc(-c2cnc(Nc3cc(OC)cc(OC)c3)nc2N2C=CC(C(F)(F)F)N2)c1. The number of anilines is 3. The average molecular weight is 516 g/mol. The van der Waals surface area contributed by atoms with Gasteiger partial charge >= 0.3 is 12.1 Å². The number of methoxy groups -OCH3 is 2. The Morgan fingerprint density at radius 2 is 1.84 bits per heavy atom. The van der Waals surface area contributed by atoms with Crippen molar-refractivity contribution >= 4 is 23.4 Å². The first-order valence-corrected chi connectivity index (χ1v) is 11.0. The van der Waals surface area contributed by atoms with Crippen LogP contribution in [-0.2, 0) is 4.74 Å². The van der Waals surface area contributed by atoms with Crippen LogP contribution < -0.4 is 25.2 Å². The van der Waals surface area contributed by atoms with Gasteiger partial charge in [0.1, 0.15) is 17.5 Å². The fraction of sp³-hybridized carbons (Fsp3) is 0.250. The summed E-state index contributed by atoms with van der Waals surface area (Å²) in [4.78, 5) is 25.1. The van der Waals surface area contributed by atoms with Crippen molar-refractivity contribution < 1.29 is 32.2 Å². The number of pyridine rings is 1. The number of aromatic nitrogens is 3. The molecule has 194 valence electrons. The maximum Gasteiger partial charge on any atom is 0.409 e. The van der Waals surface area contributed by atoms with Crippen molar-refractivity contribution in [2.45, 2.75) is 19.1 Å². The predicted molar refractivity (Wildman–Crippen MR) is 129 cm³/mol. The third-order valence-electron chi connectivity index (χ3n) is 5.22. The minimum Gasteiger partial charge on any atom is -0.497 e. The number of benzene rings is 1. The van der Waals surface area contributed by atoms with Crippen molar-refractivity contribution in [3.05, 3.63) is 60.7 Å². The molecule has 10 nitrogen and oxygen atoms in total. The molecule has 37 heavy (non-hydrogen) atoms. The van der Waals surface area contributed by atoms with Gasteiger partial charge in [0.15, 0.2) is 5.82 Å². The Hall–Kier alpha value is -4.39. The summed E-state index contributed by atoms with van der Waals surface area (Å²) in [6.45, 7) is 1.85. The number of halogens is 3. The van der Waals surface area contributed by atoms with E-state index in [0.29, 0.717) is 28.3 Å². The molecule has 1 unspecified atom stereocenters. The van der Waals surface area contributed by atoms with E-state index in [1.807, 2.05) is 0 Å². The van der Waals surface area contributed by atoms with Gasteiger partial charge in [-0.25, -0.2) is 15.2 Å². The van der Waals surface area contributed by atoms with E-state index in [1.54, 1.807) is 25.1 Å². The van der Waals surface area contributed by atoms with E-state index in [4.69, 9.17) is 14.2 Å². The number of carbonyl (C=O) groups is 1. The Balaban J connectivity index is 1.74. The molecule has 3 aromatic rings. The van der Waals surface area contributed by atoms with Gasteiger partial charge in [0.2, 0.25) is 5.95 Å². The summed E-state index contributed by atoms with van der Waals surface area (Å²) in [6, 6.07) is 4.65. The van der Waals surface area contributed by atoms with E-state index in [9.17, 15) is 18.0 Å². The van der Waals surface area contributed by atoms with Crippen LogP contribution in [0.4, 0.5) is 30.6 Å². The Morgan fingerprint density at radius 1 is 1.11 bits per heavy atom. The standard InChI is InChI=1S/C24H23F3N6O4/c1-4-37-22(34)15-7-14(11-28-12-15)19-13-29-23(30-16-8-17(35-2)10-18(9-16)36-3)31-21(19)33-6-5-20(32-33)24(25,26)27/h5-13,20,32H,4H2,1-3H3,(H,29,30,31). The molecule has 1 aliphatic heterocycles. The molecule has 1 atom stereocenters. The van der Waals surface area contributed by atoms with E-state index in [-0.39, 0.29) is 23.9 Å². The Kier molecular flexibility index (Phi) is 7.43. The Labute approximate surface area is 210 Å². The van der Waals surface area contributed by atoms with Crippen LogP contribution in [0.3, 0.4) is 0 Å². The van der Waals surface area contributed by atoms with Crippen molar-refractivity contribution in [1.29, 1.82) is 0 Å². The van der Waals surface area contributed by atoms with Crippen molar-refractivity contribution in [1.82, 2.24) is 20.4 Å². The third-order valence-corrected chi connectivity index (χ3v) is 5.22. The zero-order valence-corrected chi connectivity index (χ0v) is 20.0. The summed E-state index contributed by atoms with van der Waals surface area (Å²) < 4.78 is 55.5. The van der Waals surface area contributed by atoms with Crippen LogP contribution in [-0.4, -0.2) is 54.0 Å². The molecular formula is C24H23F3N6O4. The van der Waals surface area contributed by atoms with Crippen LogP contribution in [0, 0.1) is 0 Å². The van der Waals surface area contributed by atoms with Crippen molar-refractivity contribution in [3.8, 4) is 22.6 Å². The highest BCUT2D eigenvalue weighted by atomic mass is 19.4. The molecule has 0 amide bonds. The molecule has 0 fully saturated rings. The van der Waals surface area contributed by atoms with Crippen LogP contribution in [0.15, 0.2) is 55.1 Å². The minimum atomic E-state index is -4.51. The second-order valence-corrected chi connectivity index (χ2v) is 7.70. The number of alkyl halides is 3. The fourth-order valence-corrected chi connectivity index (χ4v) is 3.46. The van der Waals surface area contributed by atoms with Gasteiger partial charge in [-0.3, -0.25) is 9.99 Å². The maximum atomic E-state index is 13.3. The van der Waals surface area contributed by atoms with E-state index in [1.165, 1.54) is 45.1 Å². The highest BCUT2D eigenvalue weighted by Gasteiger charge is 2.41. The zero-order valence-electron chi connectivity index (χ0n) is 20.0. The molecule has 1 aliphatic rings. The van der Waals surface area contributed by atoms with E-state index >= 15 is 0 Å².